The minimum absolute atomic E-state index is 0. The van der Waals surface area contributed by atoms with Crippen molar-refractivity contribution in [2.45, 2.75) is 0 Å². The van der Waals surface area contributed by atoms with Crippen LogP contribution in [0.2, 0.25) is 0 Å². The van der Waals surface area contributed by atoms with E-state index in [1.54, 1.807) is 0 Å². The van der Waals surface area contributed by atoms with Crippen molar-refractivity contribution in [3.05, 3.63) is 7.43 Å². The van der Waals surface area contributed by atoms with E-state index in [4.69, 9.17) is 0 Å². The Bertz CT molecular complexity index is 6.00. The van der Waals surface area contributed by atoms with E-state index in [0.29, 0.717) is 0 Å². The Morgan fingerprint density at radius 3 is 1.00 bits per heavy atom. The molecular formula is CH4ILi2. The number of halogens is 1. The van der Waals surface area contributed by atoms with Crippen molar-refractivity contribution in [1.82, 2.24) is 0 Å². The van der Waals surface area contributed by atoms with E-state index in [1.807, 2.05) is 0 Å². The van der Waals surface area contributed by atoms with Gasteiger partial charge in [0.25, 0.3) is 0 Å². The van der Waals surface area contributed by atoms with Crippen LogP contribution < -0.4 is 18.9 Å². The number of hydrogen-bond donors (Lipinski definition) is 0. The van der Waals surface area contributed by atoms with Crippen LogP contribution in [-0.2, 0) is 0 Å². The fourth-order valence-corrected chi connectivity index (χ4v) is 0. The summed E-state index contributed by atoms with van der Waals surface area (Å²) >= 11 is 0. The van der Waals surface area contributed by atoms with Crippen LogP contribution in [0.25, 0.3) is 0 Å². The largest absolute Gasteiger partial charge is 1.00 e. The van der Waals surface area contributed by atoms with Gasteiger partial charge < -0.3 is 7.43 Å². The van der Waals surface area contributed by atoms with Gasteiger partial charge in [-0.25, -0.2) is 0 Å². The van der Waals surface area contributed by atoms with Crippen LogP contribution in [0.15, 0.2) is 0 Å². The van der Waals surface area contributed by atoms with Crippen LogP contribution >= 0.6 is 24.0 Å². The molecule has 0 aromatic carbocycles. The van der Waals surface area contributed by atoms with Gasteiger partial charge in [-0.05, 0) is 0 Å². The summed E-state index contributed by atoms with van der Waals surface area (Å²) in [6, 6.07) is 0. The standard InChI is InChI=1S/CH3.HI.2Li/h1H3;1H;;/q-1;;;+1. The van der Waals surface area contributed by atoms with Gasteiger partial charge in [-0.2, -0.15) is 0 Å². The third kappa shape index (κ3) is 9.06. The maximum Gasteiger partial charge on any atom is 1.00 e. The van der Waals surface area contributed by atoms with Gasteiger partial charge in [0.1, 0.15) is 0 Å². The van der Waals surface area contributed by atoms with Gasteiger partial charge in [0, 0.05) is 18.9 Å². The molecule has 0 bridgehead atoms. The maximum absolute atomic E-state index is 0. The van der Waals surface area contributed by atoms with Gasteiger partial charge in [0.05, 0.1) is 0 Å². The van der Waals surface area contributed by atoms with E-state index in [9.17, 15) is 0 Å². The molecule has 1 radical (unpaired) electrons. The second-order valence-electron chi connectivity index (χ2n) is 0. The van der Waals surface area contributed by atoms with Crippen molar-refractivity contribution < 1.29 is 18.9 Å². The van der Waals surface area contributed by atoms with Crippen molar-refractivity contribution in [2.75, 3.05) is 0 Å². The Kier molecular flexibility index (Phi) is 199. The Hall–Kier alpha value is 1.92. The molecule has 0 aliphatic heterocycles. The third-order valence-electron chi connectivity index (χ3n) is 0. The van der Waals surface area contributed by atoms with Crippen molar-refractivity contribution in [3.63, 3.8) is 0 Å². The molecule has 0 unspecified atom stereocenters. The summed E-state index contributed by atoms with van der Waals surface area (Å²) in [6.07, 6.45) is 0. The van der Waals surface area contributed by atoms with Gasteiger partial charge in [-0.1, -0.05) is 0 Å². The summed E-state index contributed by atoms with van der Waals surface area (Å²) in [5.41, 5.74) is 0. The van der Waals surface area contributed by atoms with E-state index in [0.717, 1.165) is 0 Å². The molecule has 0 aliphatic carbocycles. The average molecular weight is 157 g/mol. The first kappa shape index (κ1) is 38.8. The number of rotatable bonds is 0. The van der Waals surface area contributed by atoms with Gasteiger partial charge in [-0.15, -0.1) is 24.0 Å². The Balaban J connectivity index is 0. The molecule has 0 rings (SSSR count). The van der Waals surface area contributed by atoms with Crippen LogP contribution in [0, 0.1) is 7.43 Å². The third-order valence-corrected chi connectivity index (χ3v) is 0. The Labute approximate surface area is 68.5 Å². The fraction of sp³-hybridized carbons (Fsp3) is 0. The van der Waals surface area contributed by atoms with Crippen LogP contribution in [0.5, 0.6) is 0 Å². The van der Waals surface area contributed by atoms with Gasteiger partial charge in [0.15, 0.2) is 0 Å². The van der Waals surface area contributed by atoms with E-state index >= 15 is 0 Å². The second kappa shape index (κ2) is 20.5. The summed E-state index contributed by atoms with van der Waals surface area (Å²) < 4.78 is 0. The molecule has 0 heterocycles. The summed E-state index contributed by atoms with van der Waals surface area (Å²) in [5, 5.41) is 0. The molecule has 0 saturated carbocycles. The molecule has 0 spiro atoms. The van der Waals surface area contributed by atoms with Crippen LogP contribution in [0.4, 0.5) is 0 Å². The molecular weight excluding hydrogens is 153 g/mol. The Morgan fingerprint density at radius 2 is 1.00 bits per heavy atom. The average Bonchev–Trinajstić information content (AvgIpc) is 0. The molecule has 0 nitrogen and oxygen atoms in total. The summed E-state index contributed by atoms with van der Waals surface area (Å²) in [5.74, 6) is 0. The van der Waals surface area contributed by atoms with Crippen LogP contribution in [0.3, 0.4) is 0 Å². The number of hydrogen-bond acceptors (Lipinski definition) is 0. The van der Waals surface area contributed by atoms with Gasteiger partial charge in [0.2, 0.25) is 0 Å². The molecule has 0 atom stereocenters. The smallest absolute Gasteiger partial charge is 0.358 e. The zero-order chi connectivity index (χ0) is 0. The summed E-state index contributed by atoms with van der Waals surface area (Å²) in [4.78, 5) is 0. The Morgan fingerprint density at radius 1 is 1.00 bits per heavy atom. The molecule has 4 heavy (non-hydrogen) atoms. The first-order chi connectivity index (χ1) is 0. The molecule has 0 aliphatic rings. The predicted molar refractivity (Wildman–Crippen MR) is 27.6 cm³/mol. The van der Waals surface area contributed by atoms with Crippen molar-refractivity contribution >= 4 is 42.8 Å². The van der Waals surface area contributed by atoms with Gasteiger partial charge in [-0.3, -0.25) is 0 Å². The topological polar surface area (TPSA) is 0 Å². The predicted octanol–water partition coefficient (Wildman–Crippen LogP) is -2.31. The SMILES string of the molecule is I.[CH3-].[Li+].[Li]. The summed E-state index contributed by atoms with van der Waals surface area (Å²) in [6.45, 7) is 0. The van der Waals surface area contributed by atoms with E-state index in [2.05, 4.69) is 0 Å². The quantitative estimate of drug-likeness (QED) is 0.210. The fourth-order valence-electron chi connectivity index (χ4n) is 0. The van der Waals surface area contributed by atoms with Crippen molar-refractivity contribution in [3.8, 4) is 0 Å². The molecule has 0 N–H and O–H groups in total. The second-order valence-corrected chi connectivity index (χ2v) is 0. The van der Waals surface area contributed by atoms with Crippen LogP contribution in [0.1, 0.15) is 0 Å². The monoisotopic (exact) mass is 157 g/mol. The van der Waals surface area contributed by atoms with Gasteiger partial charge >= 0.3 is 18.9 Å². The van der Waals surface area contributed by atoms with E-state index < -0.39 is 0 Å². The minimum Gasteiger partial charge on any atom is -0.358 e. The maximum atomic E-state index is 0. The molecule has 17 valence electrons. The van der Waals surface area contributed by atoms with Crippen molar-refractivity contribution in [2.24, 2.45) is 0 Å². The zero-order valence-corrected chi connectivity index (χ0v) is 5.74. The van der Waals surface area contributed by atoms with Crippen molar-refractivity contribution in [1.29, 1.82) is 0 Å². The zero-order valence-electron chi connectivity index (χ0n) is 3.41. The van der Waals surface area contributed by atoms with E-state index in [1.165, 1.54) is 0 Å². The molecule has 0 fully saturated rings. The molecule has 0 aromatic rings. The first-order valence-electron chi connectivity index (χ1n) is 0. The van der Waals surface area contributed by atoms with Crippen LogP contribution in [-0.4, -0.2) is 18.9 Å². The molecule has 3 heteroatoms. The molecule has 0 aromatic heterocycles. The van der Waals surface area contributed by atoms with E-state index in [-0.39, 0.29) is 69.1 Å². The normalized spacial score (nSPS) is 0. The molecule has 0 saturated heterocycles. The molecule has 0 amide bonds. The summed E-state index contributed by atoms with van der Waals surface area (Å²) in [7, 11) is 0. The first-order valence-corrected chi connectivity index (χ1v) is 0. The minimum atomic E-state index is 0.